The molecule has 1 N–H and O–H groups in total. The molecule has 124 valence electrons. The molecule has 2 aromatic heterocycles. The number of benzene rings is 2. The summed E-state index contributed by atoms with van der Waals surface area (Å²) in [5.74, 6) is 0. The molecule has 0 unspecified atom stereocenters. The predicted octanol–water partition coefficient (Wildman–Crippen LogP) is 3.18. The second-order valence-corrected chi connectivity index (χ2v) is 6.12. The number of non-ortho nitro benzene ring substituents is 1. The fourth-order valence-corrected chi connectivity index (χ4v) is 3.62. The normalized spacial score (nSPS) is 14.2. The SMILES string of the molecule is O=[N+]([O-])c1ccc(N2CCc3[nH]c4ccccc4c3C2)c2nonc12. The summed E-state index contributed by atoms with van der Waals surface area (Å²) in [7, 11) is 0. The molecule has 0 atom stereocenters. The van der Waals surface area contributed by atoms with E-state index in [9.17, 15) is 10.1 Å². The number of aromatic nitrogens is 3. The topological polar surface area (TPSA) is 101 Å². The Morgan fingerprint density at radius 2 is 2.00 bits per heavy atom. The van der Waals surface area contributed by atoms with Crippen molar-refractivity contribution in [3.05, 3.63) is 57.8 Å². The Bertz CT molecular complexity index is 1130. The van der Waals surface area contributed by atoms with Gasteiger partial charge in [0.25, 0.3) is 0 Å². The monoisotopic (exact) mass is 335 g/mol. The van der Waals surface area contributed by atoms with Crippen LogP contribution in [0.1, 0.15) is 11.3 Å². The van der Waals surface area contributed by atoms with Crippen molar-refractivity contribution >= 4 is 33.3 Å². The molecular weight excluding hydrogens is 322 g/mol. The number of nitrogens with zero attached hydrogens (tertiary/aromatic N) is 4. The number of nitro groups is 1. The second-order valence-electron chi connectivity index (χ2n) is 6.12. The van der Waals surface area contributed by atoms with Crippen LogP contribution in [0, 0.1) is 10.1 Å². The fraction of sp³-hybridized carbons (Fsp3) is 0.176. The Morgan fingerprint density at radius 3 is 2.88 bits per heavy atom. The molecule has 5 rings (SSSR count). The first-order valence-corrected chi connectivity index (χ1v) is 7.95. The van der Waals surface area contributed by atoms with Crippen LogP contribution in [0.15, 0.2) is 41.0 Å². The number of para-hydroxylation sites is 1. The first-order chi connectivity index (χ1) is 12.2. The van der Waals surface area contributed by atoms with E-state index in [1.54, 1.807) is 6.07 Å². The smallest absolute Gasteiger partial charge is 0.300 e. The van der Waals surface area contributed by atoms with Gasteiger partial charge in [0.15, 0.2) is 5.52 Å². The molecule has 0 spiro atoms. The van der Waals surface area contributed by atoms with Crippen molar-refractivity contribution in [2.24, 2.45) is 0 Å². The molecule has 0 bridgehead atoms. The number of nitro benzene ring substituents is 1. The van der Waals surface area contributed by atoms with Gasteiger partial charge < -0.3 is 9.88 Å². The molecule has 1 aliphatic rings. The van der Waals surface area contributed by atoms with Crippen LogP contribution in [0.25, 0.3) is 21.9 Å². The van der Waals surface area contributed by atoms with E-state index in [1.807, 2.05) is 12.1 Å². The third-order valence-corrected chi connectivity index (χ3v) is 4.79. The van der Waals surface area contributed by atoms with Crippen LogP contribution in [0.3, 0.4) is 0 Å². The van der Waals surface area contributed by atoms with E-state index < -0.39 is 4.92 Å². The maximum atomic E-state index is 11.2. The Balaban J connectivity index is 1.61. The molecule has 8 nitrogen and oxygen atoms in total. The van der Waals surface area contributed by atoms with Crippen molar-refractivity contribution in [2.75, 3.05) is 11.4 Å². The summed E-state index contributed by atoms with van der Waals surface area (Å²) < 4.78 is 4.77. The summed E-state index contributed by atoms with van der Waals surface area (Å²) in [6.45, 7) is 1.50. The maximum Gasteiger partial charge on any atom is 0.300 e. The molecule has 8 heteroatoms. The lowest BCUT2D eigenvalue weighted by Gasteiger charge is -2.29. The zero-order chi connectivity index (χ0) is 17.0. The maximum absolute atomic E-state index is 11.2. The summed E-state index contributed by atoms with van der Waals surface area (Å²) >= 11 is 0. The van der Waals surface area contributed by atoms with Gasteiger partial charge in [-0.2, -0.15) is 0 Å². The van der Waals surface area contributed by atoms with E-state index in [-0.39, 0.29) is 11.2 Å². The van der Waals surface area contributed by atoms with E-state index in [1.165, 1.54) is 22.7 Å². The molecular formula is C17H13N5O3. The van der Waals surface area contributed by atoms with E-state index in [0.717, 1.165) is 24.2 Å². The number of hydrogen-bond acceptors (Lipinski definition) is 6. The summed E-state index contributed by atoms with van der Waals surface area (Å²) in [6.07, 6.45) is 0.869. The highest BCUT2D eigenvalue weighted by atomic mass is 16.6. The van der Waals surface area contributed by atoms with Crippen LogP contribution in [0.5, 0.6) is 0 Å². The average Bonchev–Trinajstić information content (AvgIpc) is 3.25. The van der Waals surface area contributed by atoms with Crippen molar-refractivity contribution in [3.63, 3.8) is 0 Å². The summed E-state index contributed by atoms with van der Waals surface area (Å²) in [4.78, 5) is 16.3. The highest BCUT2D eigenvalue weighted by Crippen LogP contribution is 2.35. The van der Waals surface area contributed by atoms with E-state index in [4.69, 9.17) is 4.63 Å². The van der Waals surface area contributed by atoms with Gasteiger partial charge in [0.05, 0.1) is 10.6 Å². The van der Waals surface area contributed by atoms with E-state index >= 15 is 0 Å². The van der Waals surface area contributed by atoms with Crippen LogP contribution < -0.4 is 4.90 Å². The molecule has 3 heterocycles. The molecule has 0 saturated carbocycles. The van der Waals surface area contributed by atoms with Gasteiger partial charge in [-0.3, -0.25) is 10.1 Å². The summed E-state index contributed by atoms with van der Waals surface area (Å²) in [5, 5.41) is 20.0. The van der Waals surface area contributed by atoms with Crippen molar-refractivity contribution in [1.82, 2.24) is 15.3 Å². The minimum Gasteiger partial charge on any atom is -0.365 e. The van der Waals surface area contributed by atoms with Gasteiger partial charge in [-0.05, 0) is 22.4 Å². The Labute approximate surface area is 141 Å². The Hall–Kier alpha value is -3.42. The predicted molar refractivity (Wildman–Crippen MR) is 91.5 cm³/mol. The van der Waals surface area contributed by atoms with Crippen molar-refractivity contribution in [1.29, 1.82) is 0 Å². The number of nitrogens with one attached hydrogen (secondary N) is 1. The molecule has 2 aromatic carbocycles. The zero-order valence-electron chi connectivity index (χ0n) is 13.1. The van der Waals surface area contributed by atoms with Gasteiger partial charge in [-0.15, -0.1) is 0 Å². The molecule has 0 radical (unpaired) electrons. The highest BCUT2D eigenvalue weighted by molar-refractivity contribution is 5.94. The number of fused-ring (bicyclic) bond motifs is 4. The average molecular weight is 335 g/mol. The molecule has 4 aromatic rings. The number of anilines is 1. The fourth-order valence-electron chi connectivity index (χ4n) is 3.62. The van der Waals surface area contributed by atoms with Gasteiger partial charge in [-0.1, -0.05) is 18.2 Å². The van der Waals surface area contributed by atoms with Crippen LogP contribution in [0.4, 0.5) is 11.4 Å². The standard InChI is InChI=1S/C17H13N5O3/c23-22(24)15-6-5-14(16-17(15)20-25-19-16)21-8-7-13-11(9-21)10-3-1-2-4-12(10)18-13/h1-6,18H,7-9H2. The lowest BCUT2D eigenvalue weighted by Crippen LogP contribution is -2.30. The highest BCUT2D eigenvalue weighted by Gasteiger charge is 2.26. The first kappa shape index (κ1) is 14.0. The van der Waals surface area contributed by atoms with Crippen LogP contribution >= 0.6 is 0 Å². The van der Waals surface area contributed by atoms with Gasteiger partial charge >= 0.3 is 5.69 Å². The minimum atomic E-state index is -0.468. The van der Waals surface area contributed by atoms with Gasteiger partial charge in [0.2, 0.25) is 5.52 Å². The first-order valence-electron chi connectivity index (χ1n) is 7.95. The van der Waals surface area contributed by atoms with Crippen molar-refractivity contribution < 1.29 is 9.55 Å². The van der Waals surface area contributed by atoms with Gasteiger partial charge in [-0.25, -0.2) is 4.63 Å². The number of hydrogen-bond donors (Lipinski definition) is 1. The second kappa shape index (κ2) is 5.04. The third-order valence-electron chi connectivity index (χ3n) is 4.79. The largest absolute Gasteiger partial charge is 0.365 e. The lowest BCUT2D eigenvalue weighted by atomic mass is 10.0. The number of aromatic amines is 1. The van der Waals surface area contributed by atoms with Crippen LogP contribution in [0.2, 0.25) is 0 Å². The molecule has 0 saturated heterocycles. The van der Waals surface area contributed by atoms with E-state index in [2.05, 4.69) is 32.3 Å². The molecule has 0 aliphatic carbocycles. The van der Waals surface area contributed by atoms with Crippen molar-refractivity contribution in [3.8, 4) is 0 Å². The van der Waals surface area contributed by atoms with Gasteiger partial charge in [0, 0.05) is 47.7 Å². The molecule has 0 fully saturated rings. The Morgan fingerprint density at radius 1 is 1.16 bits per heavy atom. The summed E-state index contributed by atoms with van der Waals surface area (Å²) in [6, 6.07) is 11.4. The molecule has 1 aliphatic heterocycles. The minimum absolute atomic E-state index is 0.0928. The van der Waals surface area contributed by atoms with Crippen LogP contribution in [-0.4, -0.2) is 26.8 Å². The van der Waals surface area contributed by atoms with Gasteiger partial charge in [0.1, 0.15) is 0 Å². The quantitative estimate of drug-likeness (QED) is 0.446. The third kappa shape index (κ3) is 2.00. The van der Waals surface area contributed by atoms with Crippen LogP contribution in [-0.2, 0) is 13.0 Å². The molecule has 0 amide bonds. The lowest BCUT2D eigenvalue weighted by molar-refractivity contribution is -0.383. The summed E-state index contributed by atoms with van der Waals surface area (Å²) in [5.41, 5.74) is 4.96. The number of rotatable bonds is 2. The van der Waals surface area contributed by atoms with Crippen molar-refractivity contribution in [2.45, 2.75) is 13.0 Å². The zero-order valence-corrected chi connectivity index (χ0v) is 13.1. The van der Waals surface area contributed by atoms with E-state index in [0.29, 0.717) is 12.1 Å². The Kier molecular flexibility index (Phi) is 2.81. The molecule has 25 heavy (non-hydrogen) atoms. The number of H-pyrrole nitrogens is 1.